The van der Waals surface area contributed by atoms with Gasteiger partial charge in [-0.1, -0.05) is 43.7 Å². The minimum Gasteiger partial charge on any atom is -0.330 e. The number of benzene rings is 1. The maximum atomic E-state index is 6.06. The van der Waals surface area contributed by atoms with Gasteiger partial charge in [-0.25, -0.2) is 0 Å². The van der Waals surface area contributed by atoms with Crippen LogP contribution in [0.2, 0.25) is 0 Å². The third-order valence-corrected chi connectivity index (χ3v) is 4.23. The van der Waals surface area contributed by atoms with Gasteiger partial charge in [0.2, 0.25) is 0 Å². The van der Waals surface area contributed by atoms with E-state index in [1.165, 1.54) is 24.8 Å². The maximum Gasteiger partial charge on any atom is 0.0101 e. The van der Waals surface area contributed by atoms with E-state index in [9.17, 15) is 0 Å². The lowest BCUT2D eigenvalue weighted by atomic mass is 9.60. The molecule has 1 fully saturated rings. The summed E-state index contributed by atoms with van der Waals surface area (Å²) in [7, 11) is 0. The summed E-state index contributed by atoms with van der Waals surface area (Å²) in [5.74, 6) is 0.815. The Morgan fingerprint density at radius 3 is 2.33 bits per heavy atom. The molecule has 1 aliphatic carbocycles. The Morgan fingerprint density at radius 2 is 1.93 bits per heavy atom. The lowest BCUT2D eigenvalue weighted by molar-refractivity contribution is 0.162. The molecule has 1 unspecified atom stereocenters. The van der Waals surface area contributed by atoms with Gasteiger partial charge in [-0.3, -0.25) is 0 Å². The average molecular weight is 203 g/mol. The largest absolute Gasteiger partial charge is 0.330 e. The van der Waals surface area contributed by atoms with Crippen molar-refractivity contribution >= 4 is 0 Å². The minimum absolute atomic E-state index is 0.250. The number of hydrogen-bond donors (Lipinski definition) is 1. The van der Waals surface area contributed by atoms with Gasteiger partial charge < -0.3 is 5.73 Å². The Labute approximate surface area is 92.7 Å². The van der Waals surface area contributed by atoms with E-state index in [-0.39, 0.29) is 5.41 Å². The average Bonchev–Trinajstić information content (AvgIpc) is 2.24. The van der Waals surface area contributed by atoms with E-state index in [0.29, 0.717) is 0 Å². The van der Waals surface area contributed by atoms with Crippen molar-refractivity contribution in [2.45, 2.75) is 38.0 Å². The first kappa shape index (κ1) is 10.7. The molecular weight excluding hydrogens is 182 g/mol. The van der Waals surface area contributed by atoms with Crippen molar-refractivity contribution in [3.05, 3.63) is 35.9 Å². The zero-order valence-electron chi connectivity index (χ0n) is 9.58. The molecule has 1 aliphatic rings. The van der Waals surface area contributed by atoms with E-state index in [4.69, 9.17) is 5.73 Å². The fourth-order valence-electron chi connectivity index (χ4n) is 2.89. The third-order valence-electron chi connectivity index (χ3n) is 4.23. The van der Waals surface area contributed by atoms with Gasteiger partial charge in [-0.15, -0.1) is 0 Å². The quantitative estimate of drug-likeness (QED) is 0.799. The van der Waals surface area contributed by atoms with Crippen LogP contribution in [0, 0.1) is 5.92 Å². The second-order valence-electron chi connectivity index (χ2n) is 4.71. The molecule has 2 rings (SSSR count). The van der Waals surface area contributed by atoms with Crippen LogP contribution in [0.3, 0.4) is 0 Å². The first-order chi connectivity index (χ1) is 7.33. The highest BCUT2D eigenvalue weighted by Gasteiger charge is 2.40. The molecule has 0 spiro atoms. The van der Waals surface area contributed by atoms with E-state index in [0.717, 1.165) is 18.9 Å². The molecule has 2 N–H and O–H groups in total. The number of nitrogens with two attached hydrogens (primary N) is 1. The Morgan fingerprint density at radius 1 is 1.27 bits per heavy atom. The maximum absolute atomic E-state index is 6.06. The van der Waals surface area contributed by atoms with Crippen LogP contribution in [-0.4, -0.2) is 6.54 Å². The van der Waals surface area contributed by atoms with Crippen LogP contribution in [0.4, 0.5) is 0 Å². The molecule has 0 aliphatic heterocycles. The Hall–Kier alpha value is -0.820. The molecule has 0 heterocycles. The normalized spacial score (nSPS) is 20.7. The van der Waals surface area contributed by atoms with Crippen LogP contribution in [-0.2, 0) is 5.41 Å². The lowest BCUT2D eigenvalue weighted by Crippen LogP contribution is -2.44. The van der Waals surface area contributed by atoms with Crippen molar-refractivity contribution < 1.29 is 0 Å². The van der Waals surface area contributed by atoms with Crippen LogP contribution >= 0.6 is 0 Å². The SMILES string of the molecule is CCC(CN)(c1ccccc1)C1CCC1. The second-order valence-corrected chi connectivity index (χ2v) is 4.71. The molecule has 1 aromatic carbocycles. The fraction of sp³-hybridized carbons (Fsp3) is 0.571. The molecule has 1 nitrogen and oxygen atoms in total. The molecule has 1 aromatic rings. The zero-order valence-corrected chi connectivity index (χ0v) is 9.58. The van der Waals surface area contributed by atoms with Crippen molar-refractivity contribution in [3.63, 3.8) is 0 Å². The summed E-state index contributed by atoms with van der Waals surface area (Å²) in [6.45, 7) is 3.07. The van der Waals surface area contributed by atoms with E-state index in [1.807, 2.05) is 0 Å². The summed E-state index contributed by atoms with van der Waals surface area (Å²) in [5, 5.41) is 0. The molecule has 0 saturated heterocycles. The lowest BCUT2D eigenvalue weighted by Gasteiger charge is -2.45. The molecule has 1 heteroatoms. The van der Waals surface area contributed by atoms with Crippen LogP contribution in [0.15, 0.2) is 30.3 Å². The summed E-state index contributed by atoms with van der Waals surface area (Å²) in [5.41, 5.74) is 7.75. The topological polar surface area (TPSA) is 26.0 Å². The number of hydrogen-bond acceptors (Lipinski definition) is 1. The van der Waals surface area contributed by atoms with E-state index < -0.39 is 0 Å². The molecule has 1 saturated carbocycles. The van der Waals surface area contributed by atoms with Gasteiger partial charge in [-0.05, 0) is 30.7 Å². The van der Waals surface area contributed by atoms with E-state index in [1.54, 1.807) is 0 Å². The van der Waals surface area contributed by atoms with E-state index in [2.05, 4.69) is 37.3 Å². The van der Waals surface area contributed by atoms with Gasteiger partial charge >= 0.3 is 0 Å². The predicted molar refractivity (Wildman–Crippen MR) is 64.8 cm³/mol. The minimum atomic E-state index is 0.250. The summed E-state index contributed by atoms with van der Waals surface area (Å²) in [6.07, 6.45) is 5.28. The van der Waals surface area contributed by atoms with Gasteiger partial charge in [0.05, 0.1) is 0 Å². The molecule has 0 aromatic heterocycles. The molecule has 82 valence electrons. The van der Waals surface area contributed by atoms with Crippen molar-refractivity contribution in [2.75, 3.05) is 6.54 Å². The van der Waals surface area contributed by atoms with Crippen LogP contribution < -0.4 is 5.73 Å². The van der Waals surface area contributed by atoms with Crippen molar-refractivity contribution in [1.29, 1.82) is 0 Å². The molecule has 1 atom stereocenters. The first-order valence-corrected chi connectivity index (χ1v) is 6.09. The summed E-state index contributed by atoms with van der Waals surface area (Å²) < 4.78 is 0. The van der Waals surface area contributed by atoms with Gasteiger partial charge in [0.25, 0.3) is 0 Å². The standard InChI is InChI=1S/C14H21N/c1-2-14(11-15,13-9-6-10-13)12-7-4-3-5-8-12/h3-5,7-8,13H,2,6,9-11,15H2,1H3. The van der Waals surface area contributed by atoms with Gasteiger partial charge in [0.15, 0.2) is 0 Å². The highest BCUT2D eigenvalue weighted by atomic mass is 14.6. The molecular formula is C14H21N. The highest BCUT2D eigenvalue weighted by molar-refractivity contribution is 5.27. The third kappa shape index (κ3) is 1.69. The Kier molecular flexibility index (Phi) is 3.11. The summed E-state index contributed by atoms with van der Waals surface area (Å²) >= 11 is 0. The number of rotatable bonds is 4. The van der Waals surface area contributed by atoms with Crippen LogP contribution in [0.5, 0.6) is 0 Å². The van der Waals surface area contributed by atoms with Gasteiger partial charge in [0.1, 0.15) is 0 Å². The molecule has 0 radical (unpaired) electrons. The fourth-order valence-corrected chi connectivity index (χ4v) is 2.89. The Bertz CT molecular complexity index is 296. The summed E-state index contributed by atoms with van der Waals surface area (Å²) in [6, 6.07) is 10.8. The van der Waals surface area contributed by atoms with Crippen LogP contribution in [0.1, 0.15) is 38.2 Å². The Balaban J connectivity index is 2.32. The van der Waals surface area contributed by atoms with Crippen molar-refractivity contribution in [2.24, 2.45) is 11.7 Å². The van der Waals surface area contributed by atoms with E-state index >= 15 is 0 Å². The van der Waals surface area contributed by atoms with Gasteiger partial charge in [-0.2, -0.15) is 0 Å². The highest BCUT2D eigenvalue weighted by Crippen LogP contribution is 2.45. The summed E-state index contributed by atoms with van der Waals surface area (Å²) in [4.78, 5) is 0. The molecule has 0 amide bonds. The predicted octanol–water partition coefficient (Wildman–Crippen LogP) is 3.09. The molecule has 0 bridgehead atoms. The molecule has 15 heavy (non-hydrogen) atoms. The van der Waals surface area contributed by atoms with Crippen molar-refractivity contribution in [3.8, 4) is 0 Å². The smallest absolute Gasteiger partial charge is 0.0101 e. The van der Waals surface area contributed by atoms with Crippen molar-refractivity contribution in [1.82, 2.24) is 0 Å². The van der Waals surface area contributed by atoms with Crippen LogP contribution in [0.25, 0.3) is 0 Å². The van der Waals surface area contributed by atoms with Gasteiger partial charge in [0, 0.05) is 12.0 Å². The first-order valence-electron chi connectivity index (χ1n) is 6.09. The zero-order chi connectivity index (χ0) is 10.7. The monoisotopic (exact) mass is 203 g/mol. The second kappa shape index (κ2) is 4.36.